The fourth-order valence-corrected chi connectivity index (χ4v) is 5.69. The van der Waals surface area contributed by atoms with Crippen LogP contribution in [0, 0.1) is 0 Å². The smallest absolute Gasteiger partial charge is 0.337 e. The summed E-state index contributed by atoms with van der Waals surface area (Å²) in [5.74, 6) is -0.839. The molecule has 0 unspecified atom stereocenters. The van der Waals surface area contributed by atoms with Gasteiger partial charge >= 0.3 is 11.9 Å². The minimum absolute atomic E-state index is 0.248. The Kier molecular flexibility index (Phi) is 14.8. The zero-order chi connectivity index (χ0) is 35.0. The second-order valence-electron chi connectivity index (χ2n) is 11.1. The van der Waals surface area contributed by atoms with E-state index in [1.54, 1.807) is 12.1 Å². The number of rotatable bonds is 7. The molecule has 0 atom stereocenters. The molecule has 0 saturated carbocycles. The maximum atomic E-state index is 11.5. The largest absolute Gasteiger partial charge is 0.465 e. The number of halogens is 2. The monoisotopic (exact) mass is 706 g/mol. The molecule has 11 nitrogen and oxygen atoms in total. The Labute approximate surface area is 296 Å². The summed E-state index contributed by atoms with van der Waals surface area (Å²) in [4.78, 5) is 48.1. The number of nitrogens with zero attached hydrogens (tertiary/aromatic N) is 5. The molecule has 4 heterocycles. The molecule has 2 aliphatic rings. The van der Waals surface area contributed by atoms with E-state index in [1.807, 2.05) is 43.0 Å². The van der Waals surface area contributed by atoms with Crippen LogP contribution in [-0.4, -0.2) is 99.7 Å². The third-order valence-electron chi connectivity index (χ3n) is 7.96. The molecular weight excluding hydrogens is 667 g/mol. The highest BCUT2D eigenvalue weighted by Gasteiger charge is 2.19. The van der Waals surface area contributed by atoms with Crippen LogP contribution in [0.3, 0.4) is 0 Å². The number of ether oxygens (including phenoxy) is 2. The predicted molar refractivity (Wildman–Crippen MR) is 192 cm³/mol. The van der Waals surface area contributed by atoms with Gasteiger partial charge in [0.25, 0.3) is 0 Å². The number of pyridine rings is 2. The second kappa shape index (κ2) is 19.4. The standard InChI is InChI=1S/C18H20ClN3O2.C9H7ClO3.C9H13N3/c1-24-18(23)14-2-3-15(17(19)12-14)13-21-8-10-22(11-9-21)16-4-6-20-7-5-16;1-13-9(12)6-2-3-7(5-11)8(10)4-6;1-3-10-4-2-9(1)12-7-5-11-6-8-12/h2-7,12H,8-11,13H2,1H3;2-5H,1H3;1-4,11H,5-8H2. The molecule has 13 heteroatoms. The van der Waals surface area contributed by atoms with Gasteiger partial charge in [-0.05, 0) is 60.2 Å². The third kappa shape index (κ3) is 11.3. The van der Waals surface area contributed by atoms with E-state index in [-0.39, 0.29) is 11.0 Å². The van der Waals surface area contributed by atoms with Crippen molar-refractivity contribution < 1.29 is 23.9 Å². The SMILES string of the molecule is COC(=O)c1ccc(C=O)c(Cl)c1.COC(=O)c1ccc(CN2CCN(c3ccncc3)CC2)c(Cl)c1.c1cc(N2CCNCC2)ccn1. The highest BCUT2D eigenvalue weighted by Crippen LogP contribution is 2.22. The van der Waals surface area contributed by atoms with Crippen LogP contribution < -0.4 is 15.1 Å². The van der Waals surface area contributed by atoms with Gasteiger partial charge < -0.3 is 24.6 Å². The van der Waals surface area contributed by atoms with Gasteiger partial charge in [-0.25, -0.2) is 9.59 Å². The minimum atomic E-state index is -0.473. The van der Waals surface area contributed by atoms with E-state index in [1.165, 1.54) is 43.8 Å². The molecule has 258 valence electrons. The van der Waals surface area contributed by atoms with E-state index in [9.17, 15) is 14.4 Å². The summed E-state index contributed by atoms with van der Waals surface area (Å²) in [6, 6.07) is 17.9. The molecule has 0 amide bonds. The Hall–Kier alpha value is -4.55. The zero-order valence-corrected chi connectivity index (χ0v) is 29.1. The number of hydrogen-bond acceptors (Lipinski definition) is 11. The number of aromatic nitrogens is 2. The predicted octanol–water partition coefficient (Wildman–Crippen LogP) is 5.27. The van der Waals surface area contributed by atoms with Crippen LogP contribution in [0.1, 0.15) is 36.6 Å². The molecule has 0 spiro atoms. The van der Waals surface area contributed by atoms with Crippen molar-refractivity contribution in [3.63, 3.8) is 0 Å². The molecule has 0 bridgehead atoms. The number of carbonyl (C=O) groups excluding carboxylic acids is 3. The van der Waals surface area contributed by atoms with E-state index in [0.29, 0.717) is 28.0 Å². The molecule has 49 heavy (non-hydrogen) atoms. The summed E-state index contributed by atoms with van der Waals surface area (Å²) in [6.45, 7) is 9.04. The Balaban J connectivity index is 0.000000182. The number of carbonyl (C=O) groups is 3. The number of aldehydes is 1. The molecule has 2 aromatic heterocycles. The van der Waals surface area contributed by atoms with E-state index in [2.05, 4.69) is 46.9 Å². The Morgan fingerprint density at radius 3 is 1.67 bits per heavy atom. The first-order valence-electron chi connectivity index (χ1n) is 15.8. The quantitative estimate of drug-likeness (QED) is 0.200. The van der Waals surface area contributed by atoms with Gasteiger partial charge in [-0.15, -0.1) is 0 Å². The van der Waals surface area contributed by atoms with Crippen molar-refractivity contribution in [3.05, 3.63) is 118 Å². The Morgan fingerprint density at radius 2 is 1.20 bits per heavy atom. The zero-order valence-electron chi connectivity index (χ0n) is 27.6. The molecule has 6 rings (SSSR count). The highest BCUT2D eigenvalue weighted by atomic mass is 35.5. The molecule has 2 fully saturated rings. The summed E-state index contributed by atoms with van der Waals surface area (Å²) in [5.41, 5.74) is 4.69. The molecule has 2 aromatic carbocycles. The molecule has 0 aliphatic carbocycles. The fourth-order valence-electron chi connectivity index (χ4n) is 5.23. The van der Waals surface area contributed by atoms with E-state index >= 15 is 0 Å². The minimum Gasteiger partial charge on any atom is -0.465 e. The molecule has 2 aliphatic heterocycles. The van der Waals surface area contributed by atoms with Gasteiger partial charge in [-0.1, -0.05) is 29.3 Å². The van der Waals surface area contributed by atoms with Crippen molar-refractivity contribution >= 4 is 52.8 Å². The Bertz CT molecular complexity index is 1650. The number of esters is 2. The molecule has 0 radical (unpaired) electrons. The van der Waals surface area contributed by atoms with Crippen LogP contribution in [-0.2, 0) is 16.0 Å². The summed E-state index contributed by atoms with van der Waals surface area (Å²) in [7, 11) is 2.65. The van der Waals surface area contributed by atoms with Gasteiger partial charge in [0.15, 0.2) is 6.29 Å². The molecular formula is C36H40Cl2N6O5. The van der Waals surface area contributed by atoms with Crippen LogP contribution in [0.4, 0.5) is 11.4 Å². The maximum absolute atomic E-state index is 11.5. The van der Waals surface area contributed by atoms with Crippen molar-refractivity contribution in [2.45, 2.75) is 6.54 Å². The van der Waals surface area contributed by atoms with Gasteiger partial charge in [0.2, 0.25) is 0 Å². The lowest BCUT2D eigenvalue weighted by atomic mass is 10.1. The van der Waals surface area contributed by atoms with Crippen molar-refractivity contribution in [3.8, 4) is 0 Å². The third-order valence-corrected chi connectivity index (χ3v) is 8.64. The van der Waals surface area contributed by atoms with E-state index in [4.69, 9.17) is 27.9 Å². The van der Waals surface area contributed by atoms with Crippen LogP contribution in [0.2, 0.25) is 10.0 Å². The van der Waals surface area contributed by atoms with E-state index in [0.717, 1.165) is 64.5 Å². The van der Waals surface area contributed by atoms with Crippen LogP contribution in [0.15, 0.2) is 85.5 Å². The first-order chi connectivity index (χ1) is 23.8. The van der Waals surface area contributed by atoms with Crippen molar-refractivity contribution in [2.75, 3.05) is 76.4 Å². The summed E-state index contributed by atoms with van der Waals surface area (Å²) >= 11 is 12.0. The lowest BCUT2D eigenvalue weighted by Crippen LogP contribution is -2.46. The maximum Gasteiger partial charge on any atom is 0.337 e. The van der Waals surface area contributed by atoms with Crippen molar-refractivity contribution in [2.24, 2.45) is 0 Å². The first kappa shape index (κ1) is 37.3. The summed E-state index contributed by atoms with van der Waals surface area (Å²) < 4.78 is 9.20. The normalized spacial score (nSPS) is 14.4. The average Bonchev–Trinajstić information content (AvgIpc) is 3.16. The van der Waals surface area contributed by atoms with Gasteiger partial charge in [0.05, 0.1) is 30.4 Å². The number of nitrogens with one attached hydrogen (secondary N) is 1. The second-order valence-corrected chi connectivity index (χ2v) is 11.9. The number of methoxy groups -OCH3 is 2. The number of hydrogen-bond donors (Lipinski definition) is 1. The van der Waals surface area contributed by atoms with Gasteiger partial charge in [0.1, 0.15) is 0 Å². The molecule has 2 saturated heterocycles. The van der Waals surface area contributed by atoms with Crippen molar-refractivity contribution in [1.82, 2.24) is 20.2 Å². The molecule has 4 aromatic rings. The summed E-state index contributed by atoms with van der Waals surface area (Å²) in [6.07, 6.45) is 7.97. The van der Waals surface area contributed by atoms with Crippen LogP contribution >= 0.6 is 23.2 Å². The molecule has 1 N–H and O–H groups in total. The van der Waals surface area contributed by atoms with Crippen LogP contribution in [0.25, 0.3) is 0 Å². The van der Waals surface area contributed by atoms with Gasteiger partial charge in [-0.2, -0.15) is 0 Å². The highest BCUT2D eigenvalue weighted by molar-refractivity contribution is 6.33. The van der Waals surface area contributed by atoms with Crippen molar-refractivity contribution in [1.29, 1.82) is 0 Å². The summed E-state index contributed by atoms with van der Waals surface area (Å²) in [5, 5.41) is 4.18. The first-order valence-corrected chi connectivity index (χ1v) is 16.5. The van der Waals surface area contributed by atoms with Crippen LogP contribution in [0.5, 0.6) is 0 Å². The van der Waals surface area contributed by atoms with Gasteiger partial charge in [0, 0.05) is 106 Å². The number of piperazine rings is 2. The van der Waals surface area contributed by atoms with E-state index < -0.39 is 5.97 Å². The fraction of sp³-hybridized carbons (Fsp3) is 0.306. The lowest BCUT2D eigenvalue weighted by molar-refractivity contribution is 0.0592. The number of benzene rings is 2. The lowest BCUT2D eigenvalue weighted by Gasteiger charge is -2.36. The topological polar surface area (TPSA) is 117 Å². The average molecular weight is 708 g/mol. The number of anilines is 2. The Morgan fingerprint density at radius 1 is 0.714 bits per heavy atom. The van der Waals surface area contributed by atoms with Gasteiger partial charge in [-0.3, -0.25) is 19.7 Å².